The van der Waals surface area contributed by atoms with E-state index in [0.717, 1.165) is 4.90 Å². The fourth-order valence-corrected chi connectivity index (χ4v) is 3.04. The molecule has 0 aliphatic rings. The van der Waals surface area contributed by atoms with Crippen molar-refractivity contribution < 1.29 is 14.1 Å². The highest BCUT2D eigenvalue weighted by molar-refractivity contribution is 6.06. The maximum Gasteiger partial charge on any atom is 0.330 e. The van der Waals surface area contributed by atoms with Crippen LogP contribution >= 0.6 is 0 Å². The number of H-pyrrole nitrogens is 1. The summed E-state index contributed by atoms with van der Waals surface area (Å²) in [4.78, 5) is 45.5. The van der Waals surface area contributed by atoms with Gasteiger partial charge in [0.1, 0.15) is 5.82 Å². The minimum absolute atomic E-state index is 0.0115. The molecule has 3 heterocycles. The number of aromatic amines is 1. The van der Waals surface area contributed by atoms with E-state index in [0.29, 0.717) is 11.3 Å². The Morgan fingerprint density at radius 1 is 1.39 bits per heavy atom. The Morgan fingerprint density at radius 3 is 2.81 bits per heavy atom. The fourth-order valence-electron chi connectivity index (χ4n) is 3.04. The number of amides is 1. The zero-order chi connectivity index (χ0) is 22.5. The number of aromatic nitrogens is 4. The number of ether oxygens (including phenoxy) is 1. The summed E-state index contributed by atoms with van der Waals surface area (Å²) in [5, 5.41) is 3.84. The lowest BCUT2D eigenvalue weighted by Crippen LogP contribution is -2.43. The normalized spacial score (nSPS) is 11.1. The predicted octanol–water partition coefficient (Wildman–Crippen LogP) is 1.12. The van der Waals surface area contributed by atoms with Gasteiger partial charge >= 0.3 is 5.69 Å². The van der Waals surface area contributed by atoms with E-state index >= 15 is 0 Å². The van der Waals surface area contributed by atoms with Crippen LogP contribution in [0.2, 0.25) is 0 Å². The topological polar surface area (TPSA) is 149 Å². The Bertz CT molecular complexity index is 1160. The molecule has 0 radical (unpaired) electrons. The van der Waals surface area contributed by atoms with Crippen LogP contribution in [0.1, 0.15) is 24.3 Å². The molecule has 1 amide bonds. The molecule has 0 aliphatic heterocycles. The monoisotopic (exact) mass is 428 g/mol. The zero-order valence-corrected chi connectivity index (χ0v) is 17.5. The number of nitrogen functional groups attached to an aromatic ring is 1. The van der Waals surface area contributed by atoms with Gasteiger partial charge < -0.3 is 15.0 Å². The summed E-state index contributed by atoms with van der Waals surface area (Å²) in [5.74, 6) is -0.306. The number of carbonyl (C=O) groups excluding carboxylic acids is 1. The van der Waals surface area contributed by atoms with Crippen LogP contribution in [-0.4, -0.2) is 45.9 Å². The van der Waals surface area contributed by atoms with Crippen molar-refractivity contribution in [3.05, 3.63) is 57.1 Å². The molecule has 3 rings (SSSR count). The number of rotatable bonds is 8. The molecule has 0 bridgehead atoms. The Kier molecular flexibility index (Phi) is 6.65. The van der Waals surface area contributed by atoms with Crippen LogP contribution in [-0.2, 0) is 11.3 Å². The first kappa shape index (κ1) is 22.0. The number of anilines is 2. The number of methoxy groups -OCH3 is 1. The van der Waals surface area contributed by atoms with Gasteiger partial charge in [-0.15, -0.1) is 0 Å². The van der Waals surface area contributed by atoms with E-state index in [1.807, 2.05) is 13.8 Å². The van der Waals surface area contributed by atoms with Crippen LogP contribution in [0.25, 0.3) is 11.3 Å². The van der Waals surface area contributed by atoms with Gasteiger partial charge in [-0.1, -0.05) is 19.0 Å². The Balaban J connectivity index is 2.05. The highest BCUT2D eigenvalue weighted by atomic mass is 16.5. The van der Waals surface area contributed by atoms with E-state index in [9.17, 15) is 14.4 Å². The van der Waals surface area contributed by atoms with Gasteiger partial charge in [-0.2, -0.15) is 0 Å². The average molecular weight is 428 g/mol. The van der Waals surface area contributed by atoms with Gasteiger partial charge in [0.15, 0.2) is 17.1 Å². The fraction of sp³-hybridized carbons (Fsp3) is 0.350. The van der Waals surface area contributed by atoms with Crippen molar-refractivity contribution in [3.63, 3.8) is 0 Å². The molecule has 0 atom stereocenters. The maximum absolute atomic E-state index is 13.3. The van der Waals surface area contributed by atoms with Crippen molar-refractivity contribution in [2.24, 2.45) is 5.92 Å². The molecule has 164 valence electrons. The molecule has 31 heavy (non-hydrogen) atoms. The van der Waals surface area contributed by atoms with Crippen LogP contribution in [0.5, 0.6) is 0 Å². The number of hydrogen-bond acceptors (Lipinski definition) is 8. The maximum atomic E-state index is 13.3. The highest BCUT2D eigenvalue weighted by Gasteiger charge is 2.27. The third-order valence-electron chi connectivity index (χ3n) is 4.47. The first-order valence-electron chi connectivity index (χ1n) is 9.64. The van der Waals surface area contributed by atoms with E-state index in [2.05, 4.69) is 15.1 Å². The molecule has 3 aromatic heterocycles. The third-order valence-corrected chi connectivity index (χ3v) is 4.47. The zero-order valence-electron chi connectivity index (χ0n) is 17.5. The number of hydrogen-bond donors (Lipinski definition) is 2. The van der Waals surface area contributed by atoms with Crippen molar-refractivity contribution in [2.75, 3.05) is 30.9 Å². The Morgan fingerprint density at radius 2 is 2.16 bits per heavy atom. The summed E-state index contributed by atoms with van der Waals surface area (Å²) in [6.45, 7) is 4.22. The molecule has 0 fully saturated rings. The molecular weight excluding hydrogens is 404 g/mol. The number of pyridine rings is 1. The SMILES string of the molecule is COCCN(C(=O)c1cc(-c2cccnc2)on1)c1c(N)n(CC(C)C)c(=O)[nH]c1=O. The first-order chi connectivity index (χ1) is 14.8. The summed E-state index contributed by atoms with van der Waals surface area (Å²) in [5.41, 5.74) is 5.22. The third kappa shape index (κ3) is 4.72. The van der Waals surface area contributed by atoms with E-state index in [4.69, 9.17) is 15.0 Å². The van der Waals surface area contributed by atoms with Gasteiger partial charge in [0.05, 0.1) is 6.61 Å². The second-order valence-electron chi connectivity index (χ2n) is 7.27. The highest BCUT2D eigenvalue weighted by Crippen LogP contribution is 2.23. The van der Waals surface area contributed by atoms with E-state index < -0.39 is 17.2 Å². The van der Waals surface area contributed by atoms with Gasteiger partial charge in [-0.3, -0.25) is 29.0 Å². The summed E-state index contributed by atoms with van der Waals surface area (Å²) in [6, 6.07) is 4.94. The molecule has 0 unspecified atom stereocenters. The molecule has 0 spiro atoms. The number of nitrogens with one attached hydrogen (secondary N) is 1. The lowest BCUT2D eigenvalue weighted by atomic mass is 10.2. The van der Waals surface area contributed by atoms with Crippen LogP contribution < -0.4 is 21.9 Å². The smallest absolute Gasteiger partial charge is 0.330 e. The van der Waals surface area contributed by atoms with Crippen molar-refractivity contribution in [3.8, 4) is 11.3 Å². The van der Waals surface area contributed by atoms with Gasteiger partial charge in [0.2, 0.25) is 0 Å². The van der Waals surface area contributed by atoms with Crippen LogP contribution in [0.4, 0.5) is 11.5 Å². The van der Waals surface area contributed by atoms with E-state index in [1.54, 1.807) is 24.5 Å². The van der Waals surface area contributed by atoms with Gasteiger partial charge in [-0.25, -0.2) is 4.79 Å². The molecule has 3 N–H and O–H groups in total. The number of carbonyl (C=O) groups is 1. The second kappa shape index (κ2) is 9.39. The van der Waals surface area contributed by atoms with Crippen molar-refractivity contribution in [2.45, 2.75) is 20.4 Å². The lowest BCUT2D eigenvalue weighted by molar-refractivity contribution is 0.0967. The molecule has 3 aromatic rings. The van der Waals surface area contributed by atoms with E-state index in [1.165, 1.54) is 17.7 Å². The van der Waals surface area contributed by atoms with Crippen LogP contribution in [0, 0.1) is 5.92 Å². The lowest BCUT2D eigenvalue weighted by Gasteiger charge is -2.23. The minimum atomic E-state index is -0.775. The molecule has 11 heteroatoms. The number of nitrogens with two attached hydrogens (primary N) is 1. The second-order valence-corrected chi connectivity index (χ2v) is 7.27. The minimum Gasteiger partial charge on any atom is -0.383 e. The Labute approximate surface area is 177 Å². The number of nitrogens with zero attached hydrogens (tertiary/aromatic N) is 4. The van der Waals surface area contributed by atoms with Crippen molar-refractivity contribution in [1.29, 1.82) is 0 Å². The van der Waals surface area contributed by atoms with Gasteiger partial charge in [-0.05, 0) is 18.1 Å². The quantitative estimate of drug-likeness (QED) is 0.542. The molecule has 0 saturated heterocycles. The molecule has 0 aromatic carbocycles. The molecule has 0 saturated carbocycles. The predicted molar refractivity (Wildman–Crippen MR) is 114 cm³/mol. The first-order valence-corrected chi connectivity index (χ1v) is 9.64. The molecule has 11 nitrogen and oxygen atoms in total. The summed E-state index contributed by atoms with van der Waals surface area (Å²) >= 11 is 0. The standard InChI is InChI=1S/C20H24N6O5/c1-12(2)11-26-17(21)16(18(27)23-20(26)29)25(7-8-30-3)19(28)14-9-15(31-24-14)13-5-4-6-22-10-13/h4-6,9-10,12H,7-8,11,21H2,1-3H3,(H,23,27,29). The molecular formula is C20H24N6O5. The summed E-state index contributed by atoms with van der Waals surface area (Å²) in [6.07, 6.45) is 3.18. The van der Waals surface area contributed by atoms with Crippen molar-refractivity contribution in [1.82, 2.24) is 19.7 Å². The van der Waals surface area contributed by atoms with Crippen molar-refractivity contribution >= 4 is 17.4 Å². The van der Waals surface area contributed by atoms with Crippen LogP contribution in [0.3, 0.4) is 0 Å². The summed E-state index contributed by atoms with van der Waals surface area (Å²) in [7, 11) is 1.46. The van der Waals surface area contributed by atoms with Crippen LogP contribution in [0.15, 0.2) is 44.7 Å². The Hall–Kier alpha value is -3.73. The largest absolute Gasteiger partial charge is 0.383 e. The molecule has 0 aliphatic carbocycles. The van der Waals surface area contributed by atoms with Gasteiger partial charge in [0.25, 0.3) is 11.5 Å². The van der Waals surface area contributed by atoms with E-state index in [-0.39, 0.29) is 42.8 Å². The average Bonchev–Trinajstić information content (AvgIpc) is 3.23. The van der Waals surface area contributed by atoms with Gasteiger partial charge in [0, 0.05) is 44.2 Å². The summed E-state index contributed by atoms with van der Waals surface area (Å²) < 4.78 is 11.6.